The van der Waals surface area contributed by atoms with Crippen LogP contribution in [0.1, 0.15) is 9.67 Å². The second-order valence-corrected chi connectivity index (χ2v) is 7.15. The summed E-state index contributed by atoms with van der Waals surface area (Å²) in [6.45, 7) is -3.26. The molecule has 0 bridgehead atoms. The lowest BCUT2D eigenvalue weighted by Crippen LogP contribution is -2.74. The lowest BCUT2D eigenvalue weighted by molar-refractivity contribution is -0.462. The number of hydrogen-bond acceptors (Lipinski definition) is 3. The van der Waals surface area contributed by atoms with Crippen LogP contribution in [0.15, 0.2) is 17.5 Å². The molecule has 0 unspecified atom stereocenters. The van der Waals surface area contributed by atoms with Gasteiger partial charge in [0.25, 0.3) is 0 Å². The molecule has 0 radical (unpaired) electrons. The quantitative estimate of drug-likeness (QED) is 0.242. The lowest BCUT2D eigenvalue weighted by Gasteiger charge is -2.42. The zero-order chi connectivity index (χ0) is 27.4. The Hall–Kier alpha value is -2.02. The number of alkyl halides is 17. The monoisotopic (exact) mass is 560 g/mol. The summed E-state index contributed by atoms with van der Waals surface area (Å²) in [5.74, 6) is -59.2. The van der Waals surface area contributed by atoms with Gasteiger partial charge in [0.2, 0.25) is 0 Å². The summed E-state index contributed by atoms with van der Waals surface area (Å²) in [4.78, 5) is 10.6. The van der Waals surface area contributed by atoms with Crippen LogP contribution in [0.5, 0.6) is 0 Å². The molecule has 0 spiro atoms. The van der Waals surface area contributed by atoms with Crippen molar-refractivity contribution < 1.29 is 84.2 Å². The summed E-state index contributed by atoms with van der Waals surface area (Å²) in [6.07, 6.45) is -7.81. The van der Waals surface area contributed by atoms with Crippen LogP contribution in [-0.2, 0) is 4.74 Å². The van der Waals surface area contributed by atoms with E-state index in [9.17, 15) is 79.4 Å². The van der Waals surface area contributed by atoms with Gasteiger partial charge in [-0.2, -0.15) is 74.6 Å². The van der Waals surface area contributed by atoms with Gasteiger partial charge in [-0.05, 0) is 11.4 Å². The van der Waals surface area contributed by atoms with Crippen LogP contribution in [0.4, 0.5) is 74.6 Å². The molecule has 1 aromatic heterocycles. The molecule has 0 aliphatic carbocycles. The smallest absolute Gasteiger partial charge is 0.455 e. The van der Waals surface area contributed by atoms with Crippen molar-refractivity contribution in [3.63, 3.8) is 0 Å². The molecule has 198 valence electrons. The summed E-state index contributed by atoms with van der Waals surface area (Å²) in [5, 5.41) is 1.07. The van der Waals surface area contributed by atoms with E-state index in [4.69, 9.17) is 0 Å². The highest BCUT2D eigenvalue weighted by Gasteiger charge is 2.95. The predicted octanol–water partition coefficient (Wildman–Crippen LogP) is 6.91. The number of carbonyl (C=O) groups excluding carboxylic acids is 1. The van der Waals surface area contributed by atoms with E-state index in [0.29, 0.717) is 11.3 Å². The van der Waals surface area contributed by atoms with Crippen LogP contribution >= 0.6 is 11.3 Å². The van der Waals surface area contributed by atoms with Crippen LogP contribution in [0.25, 0.3) is 0 Å². The molecule has 1 heterocycles. The maximum Gasteiger partial charge on any atom is 0.460 e. The summed E-state index contributed by atoms with van der Waals surface area (Å²) in [6, 6.07) is 1.83. The molecule has 0 aromatic carbocycles. The van der Waals surface area contributed by atoms with Crippen molar-refractivity contribution in [1.82, 2.24) is 0 Å². The standard InChI is InChI=1S/C14H5F17O2S/c15-7(16,4-33-6(32)5-2-1-3-34-5)8(17,18)9(19,20)10(21,22)11(23,24)12(25,26)13(27,28)14(29,30)31/h1-3H,4H2. The Morgan fingerprint density at radius 3 is 1.38 bits per heavy atom. The van der Waals surface area contributed by atoms with Gasteiger partial charge in [-0.1, -0.05) is 6.07 Å². The predicted molar refractivity (Wildman–Crippen MR) is 75.3 cm³/mol. The number of ether oxygens (including phenoxy) is 1. The Bertz CT molecular complexity index is 871. The second kappa shape index (κ2) is 8.28. The normalized spacial score (nSPS) is 15.4. The van der Waals surface area contributed by atoms with E-state index in [0.717, 1.165) is 17.5 Å². The first-order valence-electron chi connectivity index (χ1n) is 7.66. The maximum absolute atomic E-state index is 13.6. The van der Waals surface area contributed by atoms with Crippen LogP contribution < -0.4 is 0 Å². The van der Waals surface area contributed by atoms with Gasteiger partial charge in [-0.25, -0.2) is 4.79 Å². The van der Waals surface area contributed by atoms with Crippen molar-refractivity contribution in [2.24, 2.45) is 0 Å². The number of carbonyl (C=O) groups is 1. The Balaban J connectivity index is 3.43. The molecule has 0 N–H and O–H groups in total. The molecule has 20 heteroatoms. The fourth-order valence-electron chi connectivity index (χ4n) is 1.91. The lowest BCUT2D eigenvalue weighted by atomic mass is 9.89. The van der Waals surface area contributed by atoms with Gasteiger partial charge < -0.3 is 4.74 Å². The highest BCUT2D eigenvalue weighted by atomic mass is 32.1. The molecule has 0 atom stereocenters. The summed E-state index contributed by atoms with van der Waals surface area (Å²) >= 11 is 0.389. The van der Waals surface area contributed by atoms with Gasteiger partial charge in [0.1, 0.15) is 4.88 Å². The molecule has 0 saturated carbocycles. The third-order valence-corrected chi connectivity index (χ3v) is 4.74. The highest BCUT2D eigenvalue weighted by Crippen LogP contribution is 2.63. The number of hydrogen-bond donors (Lipinski definition) is 0. The van der Waals surface area contributed by atoms with Crippen LogP contribution in [0, 0.1) is 0 Å². The minimum atomic E-state index is -8.70. The van der Waals surface area contributed by atoms with E-state index in [1.165, 1.54) is 0 Å². The number of halogens is 17. The molecule has 0 aliphatic heterocycles. The van der Waals surface area contributed by atoms with Gasteiger partial charge in [0.05, 0.1) is 0 Å². The van der Waals surface area contributed by atoms with E-state index in [-0.39, 0.29) is 0 Å². The Kier molecular flexibility index (Phi) is 7.31. The fraction of sp³-hybridized carbons (Fsp3) is 0.643. The fourth-order valence-corrected chi connectivity index (χ4v) is 2.53. The van der Waals surface area contributed by atoms with E-state index in [1.807, 2.05) is 0 Å². The Morgan fingerprint density at radius 1 is 0.647 bits per heavy atom. The van der Waals surface area contributed by atoms with Gasteiger partial charge >= 0.3 is 53.6 Å². The molecule has 1 rings (SSSR count). The average molecular weight is 560 g/mol. The van der Waals surface area contributed by atoms with Crippen LogP contribution in [0.3, 0.4) is 0 Å². The highest BCUT2D eigenvalue weighted by molar-refractivity contribution is 7.11. The van der Waals surface area contributed by atoms with E-state index < -0.39 is 65.1 Å². The van der Waals surface area contributed by atoms with E-state index in [2.05, 4.69) is 4.74 Å². The van der Waals surface area contributed by atoms with E-state index >= 15 is 0 Å². The van der Waals surface area contributed by atoms with Crippen molar-refractivity contribution >= 4 is 17.3 Å². The molecular formula is C14H5F17O2S. The van der Waals surface area contributed by atoms with Crippen molar-refractivity contribution in [2.75, 3.05) is 6.61 Å². The molecule has 0 saturated heterocycles. The van der Waals surface area contributed by atoms with Crippen molar-refractivity contribution in [1.29, 1.82) is 0 Å². The maximum atomic E-state index is 13.6. The van der Waals surface area contributed by atoms with Crippen molar-refractivity contribution in [3.05, 3.63) is 22.4 Å². The average Bonchev–Trinajstić information content (AvgIpc) is 3.19. The minimum Gasteiger partial charge on any atom is -0.455 e. The van der Waals surface area contributed by atoms with Gasteiger partial charge in [-0.15, -0.1) is 11.3 Å². The third kappa shape index (κ3) is 4.14. The molecule has 0 amide bonds. The zero-order valence-electron chi connectivity index (χ0n) is 15.1. The van der Waals surface area contributed by atoms with Crippen LogP contribution in [0.2, 0.25) is 0 Å². The zero-order valence-corrected chi connectivity index (χ0v) is 15.9. The van der Waals surface area contributed by atoms with Crippen molar-refractivity contribution in [2.45, 2.75) is 47.6 Å². The molecule has 0 aliphatic rings. The largest absolute Gasteiger partial charge is 0.460 e. The molecule has 1 aromatic rings. The number of esters is 1. The first-order chi connectivity index (χ1) is 14.7. The van der Waals surface area contributed by atoms with Gasteiger partial charge in [0, 0.05) is 0 Å². The van der Waals surface area contributed by atoms with Crippen LogP contribution in [-0.4, -0.2) is 60.2 Å². The molecule has 34 heavy (non-hydrogen) atoms. The topological polar surface area (TPSA) is 26.3 Å². The number of thiophene rings is 1. The summed E-state index contributed by atoms with van der Waals surface area (Å²) < 4.78 is 225. The van der Waals surface area contributed by atoms with Crippen molar-refractivity contribution in [3.8, 4) is 0 Å². The molecule has 0 fully saturated rings. The summed E-state index contributed by atoms with van der Waals surface area (Å²) in [7, 11) is 0. The summed E-state index contributed by atoms with van der Waals surface area (Å²) in [5.41, 5.74) is 0. The molecule has 2 nitrogen and oxygen atoms in total. The Morgan fingerprint density at radius 2 is 1.03 bits per heavy atom. The SMILES string of the molecule is O=C(OCC(F)(F)C(F)(F)C(F)(F)C(F)(F)C(F)(F)C(F)(F)C(F)(F)C(F)(F)F)c1cccs1. The number of rotatable bonds is 9. The second-order valence-electron chi connectivity index (χ2n) is 6.20. The van der Waals surface area contributed by atoms with Gasteiger partial charge in [0.15, 0.2) is 6.61 Å². The van der Waals surface area contributed by atoms with E-state index in [1.54, 1.807) is 0 Å². The first kappa shape index (κ1) is 30.0. The third-order valence-electron chi connectivity index (χ3n) is 3.89. The minimum absolute atomic E-state index is 0.389. The van der Waals surface area contributed by atoms with Gasteiger partial charge in [-0.3, -0.25) is 0 Å². The molecular weight excluding hydrogens is 555 g/mol. The Labute approximate surface area is 179 Å². The first-order valence-corrected chi connectivity index (χ1v) is 8.54.